The van der Waals surface area contributed by atoms with Gasteiger partial charge in [0.25, 0.3) is 5.91 Å². The predicted octanol–water partition coefficient (Wildman–Crippen LogP) is 3.05. The Morgan fingerprint density at radius 3 is 2.81 bits per heavy atom. The SMILES string of the molecule is COc1cc(/C=C2\SC(Nc3ccccc3F)NC2=O)cc([N+](=O)[O-])c1O. The maximum atomic E-state index is 13.7. The summed E-state index contributed by atoms with van der Waals surface area (Å²) in [6.07, 6.45) is 1.43. The molecule has 1 aliphatic heterocycles. The second kappa shape index (κ2) is 7.54. The fraction of sp³-hybridized carbons (Fsp3) is 0.118. The first-order valence-electron chi connectivity index (χ1n) is 7.64. The number of nitro groups is 1. The number of ether oxygens (including phenoxy) is 1. The van der Waals surface area contributed by atoms with Crippen molar-refractivity contribution in [2.75, 3.05) is 12.4 Å². The molecular weight excluding hydrogens is 377 g/mol. The van der Waals surface area contributed by atoms with Crippen LogP contribution < -0.4 is 15.4 Å². The molecule has 2 aromatic carbocycles. The van der Waals surface area contributed by atoms with E-state index in [-0.39, 0.29) is 16.3 Å². The van der Waals surface area contributed by atoms with Gasteiger partial charge in [-0.3, -0.25) is 14.9 Å². The van der Waals surface area contributed by atoms with Crippen molar-refractivity contribution < 1.29 is 24.0 Å². The summed E-state index contributed by atoms with van der Waals surface area (Å²) < 4.78 is 18.7. The lowest BCUT2D eigenvalue weighted by Crippen LogP contribution is -2.31. The first-order chi connectivity index (χ1) is 12.9. The Labute approximate surface area is 157 Å². The van der Waals surface area contributed by atoms with Crippen molar-refractivity contribution in [1.29, 1.82) is 0 Å². The molecule has 3 rings (SSSR count). The smallest absolute Gasteiger partial charge is 0.315 e. The molecule has 140 valence electrons. The van der Waals surface area contributed by atoms with Crippen molar-refractivity contribution in [3.63, 3.8) is 0 Å². The molecule has 0 spiro atoms. The number of aromatic hydroxyl groups is 1. The number of carbonyl (C=O) groups excluding carboxylic acids is 1. The van der Waals surface area contributed by atoms with Gasteiger partial charge < -0.3 is 20.5 Å². The highest BCUT2D eigenvalue weighted by Crippen LogP contribution is 2.38. The number of nitrogens with one attached hydrogen (secondary N) is 2. The Kier molecular flexibility index (Phi) is 5.17. The van der Waals surface area contributed by atoms with Crippen LogP contribution in [0.15, 0.2) is 41.3 Å². The number of para-hydroxylation sites is 1. The number of hydrogen-bond acceptors (Lipinski definition) is 7. The number of anilines is 1. The molecule has 0 bridgehead atoms. The largest absolute Gasteiger partial charge is 0.500 e. The number of phenols is 1. The molecule has 27 heavy (non-hydrogen) atoms. The van der Waals surface area contributed by atoms with Crippen LogP contribution in [0.2, 0.25) is 0 Å². The summed E-state index contributed by atoms with van der Waals surface area (Å²) >= 11 is 1.10. The summed E-state index contributed by atoms with van der Waals surface area (Å²) in [6.45, 7) is 0. The molecule has 0 saturated carbocycles. The minimum Gasteiger partial charge on any atom is -0.500 e. The van der Waals surface area contributed by atoms with Crippen LogP contribution in [-0.4, -0.2) is 28.5 Å². The molecule has 2 aromatic rings. The third-order valence-electron chi connectivity index (χ3n) is 3.68. The number of nitro benzene ring substituents is 1. The van der Waals surface area contributed by atoms with Gasteiger partial charge in [0.05, 0.1) is 22.6 Å². The molecule has 0 aliphatic carbocycles. The average Bonchev–Trinajstić information content (AvgIpc) is 2.97. The van der Waals surface area contributed by atoms with Gasteiger partial charge in [0, 0.05) is 6.07 Å². The van der Waals surface area contributed by atoms with E-state index in [9.17, 15) is 24.4 Å². The van der Waals surface area contributed by atoms with Crippen LogP contribution in [0.25, 0.3) is 6.08 Å². The van der Waals surface area contributed by atoms with E-state index in [4.69, 9.17) is 4.74 Å². The highest BCUT2D eigenvalue weighted by molar-refractivity contribution is 8.05. The second-order valence-electron chi connectivity index (χ2n) is 5.45. The highest BCUT2D eigenvalue weighted by atomic mass is 32.2. The Hall–Kier alpha value is -3.27. The fourth-order valence-corrected chi connectivity index (χ4v) is 3.40. The van der Waals surface area contributed by atoms with Crippen molar-refractivity contribution in [3.05, 3.63) is 62.8 Å². The van der Waals surface area contributed by atoms with Crippen molar-refractivity contribution in [2.24, 2.45) is 0 Å². The van der Waals surface area contributed by atoms with Crippen molar-refractivity contribution in [1.82, 2.24) is 5.32 Å². The molecule has 0 aromatic heterocycles. The summed E-state index contributed by atoms with van der Waals surface area (Å²) in [6, 6.07) is 8.56. The Morgan fingerprint density at radius 1 is 1.41 bits per heavy atom. The number of phenolic OH excluding ortho intramolecular Hbond substituents is 1. The van der Waals surface area contributed by atoms with Gasteiger partial charge in [0.15, 0.2) is 11.2 Å². The summed E-state index contributed by atoms with van der Waals surface area (Å²) in [5.74, 6) is -1.54. The van der Waals surface area contributed by atoms with Crippen LogP contribution in [0, 0.1) is 15.9 Å². The fourth-order valence-electron chi connectivity index (χ4n) is 2.43. The number of amides is 1. The summed E-state index contributed by atoms with van der Waals surface area (Å²) in [4.78, 5) is 22.7. The quantitative estimate of drug-likeness (QED) is 0.408. The Balaban J connectivity index is 1.85. The lowest BCUT2D eigenvalue weighted by molar-refractivity contribution is -0.386. The van der Waals surface area contributed by atoms with Crippen LogP contribution in [0.5, 0.6) is 11.5 Å². The zero-order valence-corrected chi connectivity index (χ0v) is 14.7. The molecule has 1 heterocycles. The van der Waals surface area contributed by atoms with Crippen LogP contribution >= 0.6 is 11.8 Å². The van der Waals surface area contributed by atoms with Crippen LogP contribution in [0.4, 0.5) is 15.8 Å². The molecule has 3 N–H and O–H groups in total. The van der Waals surface area contributed by atoms with Crippen LogP contribution in [-0.2, 0) is 4.79 Å². The van der Waals surface area contributed by atoms with E-state index in [0.29, 0.717) is 5.56 Å². The van der Waals surface area contributed by atoms with E-state index in [0.717, 1.165) is 17.8 Å². The third-order valence-corrected chi connectivity index (χ3v) is 4.71. The van der Waals surface area contributed by atoms with E-state index in [1.807, 2.05) is 0 Å². The number of rotatable bonds is 5. The van der Waals surface area contributed by atoms with Gasteiger partial charge in [0.1, 0.15) is 5.82 Å². The molecule has 0 radical (unpaired) electrons. The number of benzene rings is 2. The molecule has 1 atom stereocenters. The van der Waals surface area contributed by atoms with Gasteiger partial charge in [-0.1, -0.05) is 23.9 Å². The number of hydrogen-bond donors (Lipinski definition) is 3. The van der Waals surface area contributed by atoms with Gasteiger partial charge in [-0.05, 0) is 29.8 Å². The lowest BCUT2D eigenvalue weighted by Gasteiger charge is -2.12. The zero-order chi connectivity index (χ0) is 19.6. The molecule has 10 heteroatoms. The van der Waals surface area contributed by atoms with Gasteiger partial charge in [-0.15, -0.1) is 0 Å². The standard InChI is InChI=1S/C17H14FN3O5S/c1-26-13-7-9(6-12(15(13)22)21(24)25)8-14-16(23)20-17(27-14)19-11-5-3-2-4-10(11)18/h2-8,17,19,22H,1H3,(H,20,23)/b14-8-. The normalized spacial score (nSPS) is 17.6. The predicted molar refractivity (Wildman–Crippen MR) is 98.8 cm³/mol. The van der Waals surface area contributed by atoms with Crippen LogP contribution in [0.3, 0.4) is 0 Å². The topological polar surface area (TPSA) is 114 Å². The number of halogens is 1. The number of methoxy groups -OCH3 is 1. The summed E-state index contributed by atoms with van der Waals surface area (Å²) in [5.41, 5.74) is -0.598. The maximum Gasteiger partial charge on any atom is 0.315 e. The van der Waals surface area contributed by atoms with E-state index in [1.165, 1.54) is 31.4 Å². The molecule has 8 nitrogen and oxygen atoms in total. The Morgan fingerprint density at radius 2 is 2.15 bits per heavy atom. The average molecular weight is 391 g/mol. The molecule has 1 amide bonds. The summed E-state index contributed by atoms with van der Waals surface area (Å²) in [5, 5.41) is 26.4. The zero-order valence-electron chi connectivity index (χ0n) is 13.9. The third kappa shape index (κ3) is 3.95. The number of nitrogens with zero attached hydrogens (tertiary/aromatic N) is 1. The molecule has 1 unspecified atom stereocenters. The lowest BCUT2D eigenvalue weighted by atomic mass is 10.1. The van der Waals surface area contributed by atoms with E-state index < -0.39 is 33.6 Å². The first kappa shape index (κ1) is 18.5. The molecule has 1 saturated heterocycles. The van der Waals surface area contributed by atoms with Crippen molar-refractivity contribution in [3.8, 4) is 11.5 Å². The van der Waals surface area contributed by atoms with Crippen molar-refractivity contribution >= 4 is 35.1 Å². The van der Waals surface area contributed by atoms with Gasteiger partial charge in [0.2, 0.25) is 5.75 Å². The maximum absolute atomic E-state index is 13.7. The molecule has 1 aliphatic rings. The summed E-state index contributed by atoms with van der Waals surface area (Å²) in [7, 11) is 1.26. The molecular formula is C17H14FN3O5S. The van der Waals surface area contributed by atoms with Gasteiger partial charge >= 0.3 is 5.69 Å². The van der Waals surface area contributed by atoms with E-state index in [1.54, 1.807) is 12.1 Å². The van der Waals surface area contributed by atoms with E-state index >= 15 is 0 Å². The number of thioether (sulfide) groups is 1. The monoisotopic (exact) mass is 391 g/mol. The van der Waals surface area contributed by atoms with Gasteiger partial charge in [-0.2, -0.15) is 0 Å². The van der Waals surface area contributed by atoms with Gasteiger partial charge in [-0.25, -0.2) is 4.39 Å². The highest BCUT2D eigenvalue weighted by Gasteiger charge is 2.28. The van der Waals surface area contributed by atoms with Crippen molar-refractivity contribution in [2.45, 2.75) is 5.50 Å². The number of carbonyl (C=O) groups is 1. The second-order valence-corrected chi connectivity index (χ2v) is 6.60. The van der Waals surface area contributed by atoms with E-state index in [2.05, 4.69) is 10.6 Å². The molecule has 1 fully saturated rings. The minimum atomic E-state index is -0.746. The minimum absolute atomic E-state index is 0.0829. The van der Waals surface area contributed by atoms with Crippen LogP contribution in [0.1, 0.15) is 5.56 Å². The first-order valence-corrected chi connectivity index (χ1v) is 8.52. The Bertz CT molecular complexity index is 950.